The average Bonchev–Trinajstić information content (AvgIpc) is 3.69. The molecule has 3 unspecified atom stereocenters. The summed E-state index contributed by atoms with van der Waals surface area (Å²) in [6, 6.07) is 6.26. The molecule has 6 heteroatoms. The van der Waals surface area contributed by atoms with Crippen molar-refractivity contribution in [3.8, 4) is 17.2 Å². The fraction of sp³-hybridized carbons (Fsp3) is 0.576. The quantitative estimate of drug-likeness (QED) is 0.234. The molecule has 212 valence electrons. The van der Waals surface area contributed by atoms with Crippen molar-refractivity contribution in [2.45, 2.75) is 104 Å². The van der Waals surface area contributed by atoms with Crippen LogP contribution >= 0.6 is 0 Å². The van der Waals surface area contributed by atoms with E-state index in [0.29, 0.717) is 0 Å². The second kappa shape index (κ2) is 9.83. The molecular weight excluding hydrogens is 492 g/mol. The summed E-state index contributed by atoms with van der Waals surface area (Å²) >= 11 is 0. The van der Waals surface area contributed by atoms with Crippen LogP contribution in [-0.4, -0.2) is 54.9 Å². The molecule has 0 N–H and O–H groups in total. The molecule has 5 rings (SSSR count). The molecule has 0 radical (unpaired) electrons. The maximum atomic E-state index is 6.57. The zero-order valence-electron chi connectivity index (χ0n) is 25.2. The van der Waals surface area contributed by atoms with Crippen molar-refractivity contribution in [3.63, 3.8) is 0 Å². The molecule has 2 aromatic rings. The molecule has 3 atom stereocenters. The van der Waals surface area contributed by atoms with Crippen molar-refractivity contribution < 1.29 is 28.4 Å². The topological polar surface area (TPSA) is 65.3 Å². The molecule has 3 saturated heterocycles. The van der Waals surface area contributed by atoms with E-state index in [1.807, 2.05) is 6.07 Å². The number of hydrogen-bond donors (Lipinski definition) is 0. The number of benzene rings is 2. The molecule has 0 saturated carbocycles. The number of hydrogen-bond acceptors (Lipinski definition) is 6. The van der Waals surface area contributed by atoms with Crippen molar-refractivity contribution in [2.24, 2.45) is 0 Å². The first-order chi connectivity index (χ1) is 18.2. The Morgan fingerprint density at radius 1 is 0.590 bits per heavy atom. The van der Waals surface area contributed by atoms with Gasteiger partial charge in [0.2, 0.25) is 0 Å². The third-order valence-electron chi connectivity index (χ3n) is 8.25. The third kappa shape index (κ3) is 6.13. The number of rotatable bonds is 11. The van der Waals surface area contributed by atoms with Gasteiger partial charge in [0.15, 0.2) is 0 Å². The molecule has 0 aromatic heterocycles. The lowest BCUT2D eigenvalue weighted by Gasteiger charge is -2.30. The Morgan fingerprint density at radius 2 is 0.949 bits per heavy atom. The highest BCUT2D eigenvalue weighted by atomic mass is 16.6. The first-order valence-electron chi connectivity index (χ1n) is 14.0. The minimum absolute atomic E-state index is 0.0976. The highest BCUT2D eigenvalue weighted by molar-refractivity contribution is 5.78. The zero-order chi connectivity index (χ0) is 28.3. The normalized spacial score (nSPS) is 22.7. The molecule has 0 spiro atoms. The smallest absolute Gasteiger partial charge is 0.132 e. The molecule has 0 aliphatic carbocycles. The van der Waals surface area contributed by atoms with Crippen LogP contribution < -0.4 is 14.2 Å². The Bertz CT molecular complexity index is 1200. The summed E-state index contributed by atoms with van der Waals surface area (Å²) in [6.07, 6.45) is 4.73. The average molecular weight is 537 g/mol. The van der Waals surface area contributed by atoms with Crippen LogP contribution in [0.5, 0.6) is 17.2 Å². The summed E-state index contributed by atoms with van der Waals surface area (Å²) in [5, 5.41) is 0. The minimum atomic E-state index is -0.435. The van der Waals surface area contributed by atoms with Crippen LogP contribution in [0.3, 0.4) is 0 Å². The first kappa shape index (κ1) is 28.0. The van der Waals surface area contributed by atoms with Crippen LogP contribution in [-0.2, 0) is 14.2 Å². The fourth-order valence-corrected chi connectivity index (χ4v) is 5.18. The van der Waals surface area contributed by atoms with E-state index in [2.05, 4.69) is 93.5 Å². The predicted octanol–water partition coefficient (Wildman–Crippen LogP) is 6.76. The highest BCUT2D eigenvalue weighted by Crippen LogP contribution is 2.41. The van der Waals surface area contributed by atoms with Crippen molar-refractivity contribution in [1.82, 2.24) is 0 Å². The lowest BCUT2D eigenvalue weighted by Crippen LogP contribution is -2.36. The molecule has 3 heterocycles. The van der Waals surface area contributed by atoms with E-state index in [0.717, 1.165) is 64.9 Å². The summed E-state index contributed by atoms with van der Waals surface area (Å²) in [7, 11) is 0. The molecular formula is C33H44O6. The molecule has 0 bridgehead atoms. The maximum Gasteiger partial charge on any atom is 0.132 e. The largest absolute Gasteiger partial charge is 0.485 e. The summed E-state index contributed by atoms with van der Waals surface area (Å²) < 4.78 is 36.1. The van der Waals surface area contributed by atoms with Crippen LogP contribution in [0.15, 0.2) is 18.2 Å². The number of aryl methyl sites for hydroxylation is 2. The predicted molar refractivity (Wildman–Crippen MR) is 154 cm³/mol. The molecule has 6 nitrogen and oxygen atoms in total. The third-order valence-corrected chi connectivity index (χ3v) is 8.25. The van der Waals surface area contributed by atoms with Crippen LogP contribution in [0.1, 0.15) is 74.9 Å². The Kier molecular flexibility index (Phi) is 7.06. The zero-order valence-corrected chi connectivity index (χ0v) is 25.2. The summed E-state index contributed by atoms with van der Waals surface area (Å²) in [6.45, 7) is 23.2. The van der Waals surface area contributed by atoms with Crippen molar-refractivity contribution in [2.75, 3.05) is 19.8 Å². The molecule has 3 aliphatic rings. The first-order valence-corrected chi connectivity index (χ1v) is 14.0. The van der Waals surface area contributed by atoms with Gasteiger partial charge in [-0.3, -0.25) is 0 Å². The van der Waals surface area contributed by atoms with E-state index in [9.17, 15) is 0 Å². The maximum absolute atomic E-state index is 6.57. The van der Waals surface area contributed by atoms with E-state index in [4.69, 9.17) is 28.4 Å². The highest BCUT2D eigenvalue weighted by Gasteiger charge is 2.44. The van der Waals surface area contributed by atoms with Gasteiger partial charge in [-0.25, -0.2) is 0 Å². The molecule has 39 heavy (non-hydrogen) atoms. The van der Waals surface area contributed by atoms with Gasteiger partial charge in [0.25, 0.3) is 0 Å². The second-order valence-corrected chi connectivity index (χ2v) is 12.9. The fourth-order valence-electron chi connectivity index (χ4n) is 5.18. The molecule has 2 aromatic carbocycles. The van der Waals surface area contributed by atoms with Gasteiger partial charge in [0, 0.05) is 6.07 Å². The van der Waals surface area contributed by atoms with Gasteiger partial charge in [-0.1, -0.05) is 12.2 Å². The molecule has 0 amide bonds. The molecule has 3 fully saturated rings. The van der Waals surface area contributed by atoms with Gasteiger partial charge in [0.05, 0.1) is 19.8 Å². The lowest BCUT2D eigenvalue weighted by molar-refractivity contribution is 0.0657. The SMILES string of the molecule is Cc1cc(OC(C)(C)C2CO2)cc(C)c1/C=C\c1c(C)c(OC(C)(C)C2CO2)cc(OC(C)(C)C2CO2)c1C. The van der Waals surface area contributed by atoms with Crippen molar-refractivity contribution in [3.05, 3.63) is 51.6 Å². The van der Waals surface area contributed by atoms with E-state index in [-0.39, 0.29) is 23.9 Å². The van der Waals surface area contributed by atoms with Gasteiger partial charge in [-0.2, -0.15) is 0 Å². The van der Waals surface area contributed by atoms with Gasteiger partial charge < -0.3 is 28.4 Å². The van der Waals surface area contributed by atoms with E-state index in [1.165, 1.54) is 5.56 Å². The van der Waals surface area contributed by atoms with Crippen molar-refractivity contribution in [1.29, 1.82) is 0 Å². The lowest BCUT2D eigenvalue weighted by atomic mass is 9.96. The van der Waals surface area contributed by atoms with Gasteiger partial charge in [0.1, 0.15) is 52.4 Å². The Hall–Kier alpha value is -2.54. The van der Waals surface area contributed by atoms with Gasteiger partial charge >= 0.3 is 0 Å². The van der Waals surface area contributed by atoms with Gasteiger partial charge in [-0.05, 0) is 115 Å². The number of ether oxygens (including phenoxy) is 6. The van der Waals surface area contributed by atoms with Crippen LogP contribution in [0.4, 0.5) is 0 Å². The minimum Gasteiger partial charge on any atom is -0.485 e. The Morgan fingerprint density at radius 3 is 1.33 bits per heavy atom. The van der Waals surface area contributed by atoms with E-state index >= 15 is 0 Å². The second-order valence-electron chi connectivity index (χ2n) is 12.9. The van der Waals surface area contributed by atoms with Crippen LogP contribution in [0.25, 0.3) is 12.2 Å². The van der Waals surface area contributed by atoms with E-state index in [1.54, 1.807) is 0 Å². The monoisotopic (exact) mass is 536 g/mol. The summed E-state index contributed by atoms with van der Waals surface area (Å²) in [5.41, 5.74) is 5.52. The van der Waals surface area contributed by atoms with Crippen LogP contribution in [0, 0.1) is 27.7 Å². The summed E-state index contributed by atoms with van der Waals surface area (Å²) in [4.78, 5) is 0. The van der Waals surface area contributed by atoms with E-state index < -0.39 is 11.2 Å². The van der Waals surface area contributed by atoms with Crippen molar-refractivity contribution >= 4 is 12.2 Å². The number of epoxide rings is 3. The Labute approximate surface area is 233 Å². The molecule has 3 aliphatic heterocycles. The standard InChI is InChI=1S/C33H44O6/c1-19-13-23(37-31(5,6)28-16-34-28)14-20(2)24(19)11-12-25-21(3)26(38-32(7,8)29-17-35-29)15-27(22(25)4)39-33(9,10)30-18-36-30/h11-15,28-30H,16-18H2,1-10H3/b12-11-. The van der Waals surface area contributed by atoms with Gasteiger partial charge in [-0.15, -0.1) is 0 Å². The van der Waals surface area contributed by atoms with Crippen LogP contribution in [0.2, 0.25) is 0 Å². The Balaban J connectivity index is 1.48. The summed E-state index contributed by atoms with van der Waals surface area (Å²) in [5.74, 6) is 2.49.